The Kier molecular flexibility index (Phi) is 7.64. The molecule has 3 amide bonds. The molecule has 0 aromatic heterocycles. The highest BCUT2D eigenvalue weighted by atomic mass is 19.4. The molecule has 0 aliphatic heterocycles. The number of benzene rings is 3. The van der Waals surface area contributed by atoms with Crippen molar-refractivity contribution in [3.05, 3.63) is 96.1 Å². The van der Waals surface area contributed by atoms with E-state index in [-0.39, 0.29) is 18.1 Å². The van der Waals surface area contributed by atoms with Gasteiger partial charge in [0.05, 0.1) is 12.3 Å². The van der Waals surface area contributed by atoms with Gasteiger partial charge < -0.3 is 15.4 Å². The smallest absolute Gasteiger partial charge is 0.406 e. The van der Waals surface area contributed by atoms with Crippen LogP contribution in [-0.2, 0) is 0 Å². The monoisotopic (exact) mass is 456 g/mol. The van der Waals surface area contributed by atoms with Crippen molar-refractivity contribution in [2.75, 3.05) is 11.9 Å². The number of halogens is 3. The van der Waals surface area contributed by atoms with Crippen LogP contribution in [0.2, 0.25) is 0 Å². The first-order valence-corrected chi connectivity index (χ1v) is 9.68. The van der Waals surface area contributed by atoms with Gasteiger partial charge in [0.15, 0.2) is 0 Å². The maximum atomic E-state index is 12.3. The van der Waals surface area contributed by atoms with E-state index in [4.69, 9.17) is 0 Å². The Labute approximate surface area is 187 Å². The van der Waals surface area contributed by atoms with Crippen molar-refractivity contribution in [2.45, 2.75) is 6.36 Å². The first-order chi connectivity index (χ1) is 15.8. The molecule has 0 unspecified atom stereocenters. The van der Waals surface area contributed by atoms with Crippen molar-refractivity contribution in [2.24, 2.45) is 5.10 Å². The van der Waals surface area contributed by atoms with Crippen molar-refractivity contribution in [1.29, 1.82) is 0 Å². The predicted octanol–water partition coefficient (Wildman–Crippen LogP) is 4.54. The van der Waals surface area contributed by atoms with Crippen molar-refractivity contribution in [3.8, 4) is 5.75 Å². The van der Waals surface area contributed by atoms with Crippen LogP contribution in [0, 0.1) is 0 Å². The molecule has 7 nitrogen and oxygen atoms in total. The third-order valence-corrected chi connectivity index (χ3v) is 4.20. The Morgan fingerprint density at radius 3 is 1.97 bits per heavy atom. The van der Waals surface area contributed by atoms with Crippen molar-refractivity contribution >= 4 is 23.3 Å². The summed E-state index contributed by atoms with van der Waals surface area (Å²) in [5.74, 6) is -0.711. The van der Waals surface area contributed by atoms with Crippen LogP contribution in [0.1, 0.15) is 15.9 Å². The van der Waals surface area contributed by atoms with Crippen molar-refractivity contribution in [3.63, 3.8) is 0 Å². The highest BCUT2D eigenvalue weighted by Crippen LogP contribution is 2.23. The summed E-state index contributed by atoms with van der Waals surface area (Å²) in [7, 11) is 0. The van der Waals surface area contributed by atoms with Gasteiger partial charge in [-0.2, -0.15) is 5.10 Å². The molecule has 0 heterocycles. The fraction of sp³-hybridized carbons (Fsp3) is 0.0870. The van der Waals surface area contributed by atoms with E-state index in [9.17, 15) is 22.8 Å². The van der Waals surface area contributed by atoms with Gasteiger partial charge in [-0.3, -0.25) is 4.79 Å². The van der Waals surface area contributed by atoms with Gasteiger partial charge in [0.1, 0.15) is 5.75 Å². The van der Waals surface area contributed by atoms with E-state index in [2.05, 4.69) is 25.9 Å². The highest BCUT2D eigenvalue weighted by Gasteiger charge is 2.30. The lowest BCUT2D eigenvalue weighted by molar-refractivity contribution is -0.274. The summed E-state index contributed by atoms with van der Waals surface area (Å²) in [5, 5.41) is 9.28. The molecule has 170 valence electrons. The minimum Gasteiger partial charge on any atom is -0.406 e. The van der Waals surface area contributed by atoms with Crippen LogP contribution < -0.4 is 20.8 Å². The normalized spacial score (nSPS) is 11.4. The number of rotatable bonds is 7. The largest absolute Gasteiger partial charge is 0.573 e. The Bertz CT molecular complexity index is 1100. The number of carbonyl (C=O) groups is 2. The van der Waals surface area contributed by atoms with Gasteiger partial charge in [-0.05, 0) is 42.0 Å². The summed E-state index contributed by atoms with van der Waals surface area (Å²) >= 11 is 0. The molecule has 0 saturated carbocycles. The fourth-order valence-electron chi connectivity index (χ4n) is 2.71. The lowest BCUT2D eigenvalue weighted by Gasteiger charge is -2.11. The molecule has 0 spiro atoms. The van der Waals surface area contributed by atoms with E-state index >= 15 is 0 Å². The minimum absolute atomic E-state index is 0.0432. The van der Waals surface area contributed by atoms with Gasteiger partial charge in [-0.15, -0.1) is 13.2 Å². The number of carbonyl (C=O) groups excluding carboxylic acids is 2. The Morgan fingerprint density at radius 1 is 0.818 bits per heavy atom. The van der Waals surface area contributed by atoms with Gasteiger partial charge in [-0.1, -0.05) is 48.5 Å². The number of hydrazone groups is 1. The molecule has 0 radical (unpaired) electrons. The molecule has 0 bridgehead atoms. The second-order valence-electron chi connectivity index (χ2n) is 6.61. The Morgan fingerprint density at radius 2 is 1.39 bits per heavy atom. The molecule has 33 heavy (non-hydrogen) atoms. The van der Waals surface area contributed by atoms with E-state index in [1.54, 1.807) is 54.6 Å². The number of hydrogen-bond acceptors (Lipinski definition) is 4. The second-order valence-corrected chi connectivity index (χ2v) is 6.61. The van der Waals surface area contributed by atoms with Crippen LogP contribution in [0.15, 0.2) is 90.0 Å². The van der Waals surface area contributed by atoms with Gasteiger partial charge in [0.2, 0.25) is 0 Å². The summed E-state index contributed by atoms with van der Waals surface area (Å²) in [4.78, 5) is 24.5. The van der Waals surface area contributed by atoms with Crippen LogP contribution in [-0.4, -0.2) is 30.6 Å². The van der Waals surface area contributed by atoms with E-state index in [1.165, 1.54) is 12.1 Å². The topological polar surface area (TPSA) is 91.8 Å². The number of hydrogen-bond donors (Lipinski definition) is 3. The summed E-state index contributed by atoms with van der Waals surface area (Å²) in [5.41, 5.74) is 4.11. The average Bonchev–Trinajstić information content (AvgIpc) is 2.80. The molecular formula is C23H19F3N4O3. The van der Waals surface area contributed by atoms with Gasteiger partial charge in [-0.25, -0.2) is 10.2 Å². The lowest BCUT2D eigenvalue weighted by atomic mass is 10.1. The maximum Gasteiger partial charge on any atom is 0.573 e. The molecule has 10 heteroatoms. The van der Waals surface area contributed by atoms with Gasteiger partial charge in [0, 0.05) is 11.3 Å². The maximum absolute atomic E-state index is 12.3. The molecule has 0 atom stereocenters. The Hall–Kier alpha value is -4.34. The van der Waals surface area contributed by atoms with Gasteiger partial charge in [0.25, 0.3) is 5.91 Å². The molecule has 3 aromatic carbocycles. The lowest BCUT2D eigenvalue weighted by Crippen LogP contribution is -2.32. The second kappa shape index (κ2) is 10.8. The van der Waals surface area contributed by atoms with Crippen molar-refractivity contribution in [1.82, 2.24) is 10.7 Å². The number of nitrogens with zero attached hydrogens (tertiary/aromatic N) is 1. The quantitative estimate of drug-likeness (QED) is 0.360. The summed E-state index contributed by atoms with van der Waals surface area (Å²) in [6.07, 6.45) is -4.80. The van der Waals surface area contributed by atoms with Crippen LogP contribution in [0.3, 0.4) is 0 Å². The van der Waals surface area contributed by atoms with E-state index < -0.39 is 18.1 Å². The molecule has 3 rings (SSSR count). The van der Waals surface area contributed by atoms with E-state index in [0.717, 1.165) is 12.1 Å². The number of ether oxygens (including phenoxy) is 1. The minimum atomic E-state index is -4.80. The number of nitrogens with one attached hydrogen (secondary N) is 3. The summed E-state index contributed by atoms with van der Waals surface area (Å²) < 4.78 is 40.5. The molecular weight excluding hydrogens is 437 g/mol. The predicted molar refractivity (Wildman–Crippen MR) is 117 cm³/mol. The molecule has 3 N–H and O–H groups in total. The highest BCUT2D eigenvalue weighted by molar-refractivity contribution is 6.05. The first-order valence-electron chi connectivity index (χ1n) is 9.68. The zero-order valence-electron chi connectivity index (χ0n) is 17.1. The molecule has 0 fully saturated rings. The zero-order chi connectivity index (χ0) is 23.7. The SMILES string of the molecule is O=C(N/N=C(/CNC(=O)c1ccccc1)c1ccccc1)Nc1ccc(OC(F)(F)F)cc1. The van der Waals surface area contributed by atoms with E-state index in [1.807, 2.05) is 6.07 Å². The fourth-order valence-corrected chi connectivity index (χ4v) is 2.71. The summed E-state index contributed by atoms with van der Waals surface area (Å²) in [6.45, 7) is 0.0432. The molecule has 0 aliphatic carbocycles. The zero-order valence-corrected chi connectivity index (χ0v) is 17.1. The van der Waals surface area contributed by atoms with Crippen LogP contribution in [0.25, 0.3) is 0 Å². The molecule has 0 saturated heterocycles. The van der Waals surface area contributed by atoms with Crippen molar-refractivity contribution < 1.29 is 27.5 Å². The standard InChI is InChI=1S/C23H19F3N4O3/c24-23(25,26)33-19-13-11-18(12-14-19)28-22(32)30-29-20(16-7-3-1-4-8-16)15-27-21(31)17-9-5-2-6-10-17/h1-14H,15H2,(H,27,31)(H2,28,30,32)/b29-20-. The number of anilines is 1. The number of amides is 3. The van der Waals surface area contributed by atoms with Gasteiger partial charge >= 0.3 is 12.4 Å². The van der Waals surface area contributed by atoms with Crippen LogP contribution in [0.4, 0.5) is 23.7 Å². The van der Waals surface area contributed by atoms with Crippen LogP contribution in [0.5, 0.6) is 5.75 Å². The number of urea groups is 1. The van der Waals surface area contributed by atoms with E-state index in [0.29, 0.717) is 16.8 Å². The molecule has 0 aliphatic rings. The third-order valence-electron chi connectivity index (χ3n) is 4.20. The van der Waals surface area contributed by atoms with Crippen LogP contribution >= 0.6 is 0 Å². The number of alkyl halides is 3. The molecule has 3 aromatic rings. The summed E-state index contributed by atoms with van der Waals surface area (Å²) in [6, 6.07) is 21.5. The first kappa shape index (κ1) is 23.3. The third kappa shape index (κ3) is 7.69. The average molecular weight is 456 g/mol. The Balaban J connectivity index is 1.63.